The normalized spacial score (nSPS) is 30.3. The van der Waals surface area contributed by atoms with Crippen LogP contribution in [0.1, 0.15) is 10.4 Å². The van der Waals surface area contributed by atoms with Crippen molar-refractivity contribution in [1.82, 2.24) is 10.5 Å². The highest BCUT2D eigenvalue weighted by molar-refractivity contribution is 5.93. The largest absolute Gasteiger partial charge is 0.394 e. The molecule has 1 aromatic heterocycles. The topological polar surface area (TPSA) is 121 Å². The van der Waals surface area contributed by atoms with Crippen molar-refractivity contribution >= 4 is 5.91 Å². The molecule has 8 heteroatoms. The van der Waals surface area contributed by atoms with Gasteiger partial charge in [0, 0.05) is 12.4 Å². The average molecular weight is 270 g/mol. The van der Waals surface area contributed by atoms with Crippen molar-refractivity contribution < 1.29 is 29.7 Å². The van der Waals surface area contributed by atoms with Crippen molar-refractivity contribution in [3.05, 3.63) is 30.1 Å². The van der Waals surface area contributed by atoms with Crippen LogP contribution in [0.25, 0.3) is 0 Å². The van der Waals surface area contributed by atoms with Crippen LogP contribution in [0.4, 0.5) is 0 Å². The van der Waals surface area contributed by atoms with Gasteiger partial charge in [-0.1, -0.05) is 0 Å². The molecule has 1 aliphatic rings. The molecule has 2 heterocycles. The van der Waals surface area contributed by atoms with E-state index in [1.54, 1.807) is 6.07 Å². The Morgan fingerprint density at radius 2 is 2.26 bits per heavy atom. The molecule has 1 aliphatic heterocycles. The molecule has 1 amide bonds. The molecule has 1 saturated heterocycles. The van der Waals surface area contributed by atoms with E-state index in [2.05, 4.69) is 10.5 Å². The molecule has 0 radical (unpaired) electrons. The third kappa shape index (κ3) is 3.06. The molecule has 0 saturated carbocycles. The minimum absolute atomic E-state index is 0.272. The van der Waals surface area contributed by atoms with Crippen molar-refractivity contribution in [3.63, 3.8) is 0 Å². The zero-order chi connectivity index (χ0) is 13.8. The number of hydrogen-bond acceptors (Lipinski definition) is 7. The lowest BCUT2D eigenvalue weighted by Crippen LogP contribution is -2.38. The predicted octanol–water partition coefficient (Wildman–Crippen LogP) is -1.82. The monoisotopic (exact) mass is 270 g/mol. The maximum absolute atomic E-state index is 11.6. The number of amides is 1. The second-order valence-electron chi connectivity index (χ2n) is 4.00. The highest BCUT2D eigenvalue weighted by Crippen LogP contribution is 2.21. The number of rotatable bonds is 4. The van der Waals surface area contributed by atoms with Crippen LogP contribution in [0.15, 0.2) is 24.5 Å². The van der Waals surface area contributed by atoms with E-state index in [-0.39, 0.29) is 5.56 Å². The van der Waals surface area contributed by atoms with Crippen molar-refractivity contribution in [1.29, 1.82) is 0 Å². The number of aliphatic hydroxyl groups is 3. The van der Waals surface area contributed by atoms with Gasteiger partial charge in [0.05, 0.1) is 12.2 Å². The Labute approximate surface area is 108 Å². The second-order valence-corrected chi connectivity index (χ2v) is 4.00. The summed E-state index contributed by atoms with van der Waals surface area (Å²) in [6, 6.07) is 3.12. The fourth-order valence-electron chi connectivity index (χ4n) is 1.63. The van der Waals surface area contributed by atoms with Gasteiger partial charge in [0.25, 0.3) is 5.91 Å². The van der Waals surface area contributed by atoms with Crippen LogP contribution in [0, 0.1) is 0 Å². The third-order valence-corrected chi connectivity index (χ3v) is 2.69. The van der Waals surface area contributed by atoms with Crippen LogP contribution in [0.2, 0.25) is 0 Å². The van der Waals surface area contributed by atoms with Crippen LogP contribution >= 0.6 is 0 Å². The lowest BCUT2D eigenvalue weighted by Gasteiger charge is -2.15. The molecule has 1 aromatic rings. The summed E-state index contributed by atoms with van der Waals surface area (Å²) in [6.07, 6.45) is -1.96. The second kappa shape index (κ2) is 6.04. The van der Waals surface area contributed by atoms with Gasteiger partial charge in [-0.25, -0.2) is 10.3 Å². The van der Waals surface area contributed by atoms with E-state index in [0.29, 0.717) is 0 Å². The number of hydrogen-bond donors (Lipinski definition) is 4. The van der Waals surface area contributed by atoms with Gasteiger partial charge in [-0.05, 0) is 12.1 Å². The van der Waals surface area contributed by atoms with Gasteiger partial charge >= 0.3 is 0 Å². The van der Waals surface area contributed by atoms with Crippen LogP contribution in [-0.2, 0) is 9.57 Å². The van der Waals surface area contributed by atoms with E-state index < -0.39 is 37.1 Å². The summed E-state index contributed by atoms with van der Waals surface area (Å²) in [5.74, 6) is -0.564. The highest BCUT2D eigenvalue weighted by atomic mass is 16.8. The van der Waals surface area contributed by atoms with Crippen LogP contribution in [0.5, 0.6) is 0 Å². The minimum atomic E-state index is -1.36. The van der Waals surface area contributed by atoms with E-state index in [1.807, 2.05) is 0 Å². The van der Waals surface area contributed by atoms with Gasteiger partial charge in [-0.3, -0.25) is 9.78 Å². The number of carbonyl (C=O) groups excluding carboxylic acids is 1. The van der Waals surface area contributed by atoms with Crippen molar-refractivity contribution in [2.75, 3.05) is 6.61 Å². The Balaban J connectivity index is 1.88. The first-order valence-corrected chi connectivity index (χ1v) is 5.62. The summed E-state index contributed by atoms with van der Waals surface area (Å²) in [6.45, 7) is -0.464. The highest BCUT2D eigenvalue weighted by Gasteiger charge is 2.43. The number of pyridine rings is 1. The molecule has 0 aliphatic carbocycles. The number of carbonyl (C=O) groups is 1. The first-order valence-electron chi connectivity index (χ1n) is 5.62. The van der Waals surface area contributed by atoms with Crippen molar-refractivity contribution in [2.45, 2.75) is 24.6 Å². The summed E-state index contributed by atoms with van der Waals surface area (Å²) in [5, 5.41) is 27.9. The fourth-order valence-corrected chi connectivity index (χ4v) is 1.63. The molecule has 0 bridgehead atoms. The number of ether oxygens (including phenoxy) is 1. The summed E-state index contributed by atoms with van der Waals surface area (Å²) in [4.78, 5) is 20.2. The van der Waals surface area contributed by atoms with Gasteiger partial charge in [0.15, 0.2) is 0 Å². The molecule has 19 heavy (non-hydrogen) atoms. The molecular weight excluding hydrogens is 256 g/mol. The van der Waals surface area contributed by atoms with E-state index in [4.69, 9.17) is 14.7 Å². The van der Waals surface area contributed by atoms with Gasteiger partial charge in [-0.15, -0.1) is 0 Å². The molecule has 2 rings (SSSR count). The molecule has 0 aromatic carbocycles. The Hall–Kier alpha value is -1.58. The van der Waals surface area contributed by atoms with Crippen molar-refractivity contribution in [2.24, 2.45) is 0 Å². The summed E-state index contributed by atoms with van der Waals surface area (Å²) in [5.41, 5.74) is 2.35. The lowest BCUT2D eigenvalue weighted by atomic mass is 10.1. The van der Waals surface area contributed by atoms with E-state index >= 15 is 0 Å². The third-order valence-electron chi connectivity index (χ3n) is 2.69. The Kier molecular flexibility index (Phi) is 4.40. The lowest BCUT2D eigenvalue weighted by molar-refractivity contribution is -0.192. The van der Waals surface area contributed by atoms with Gasteiger partial charge in [-0.2, -0.15) is 0 Å². The first kappa shape index (κ1) is 13.8. The molecule has 0 spiro atoms. The quantitative estimate of drug-likeness (QED) is 0.475. The van der Waals surface area contributed by atoms with Crippen LogP contribution in [0.3, 0.4) is 0 Å². The number of nitrogens with one attached hydrogen (secondary N) is 1. The zero-order valence-electron chi connectivity index (χ0n) is 9.84. The number of aliphatic hydroxyl groups excluding tert-OH is 3. The summed E-state index contributed by atoms with van der Waals surface area (Å²) >= 11 is 0. The predicted molar refractivity (Wildman–Crippen MR) is 60.5 cm³/mol. The first-order chi connectivity index (χ1) is 9.13. The standard InChI is InChI=1S/C11H14N2O6/c14-5-7-8(15)9(16)11(18-7)19-13-10(17)6-2-1-3-12-4-6/h1-4,7-9,11,14-16H,5H2,(H,13,17)/t7-,8-,9-,11?/m1/s1. The molecular formula is C11H14N2O6. The van der Waals surface area contributed by atoms with Gasteiger partial charge in [0.1, 0.15) is 18.3 Å². The fraction of sp³-hybridized carbons (Fsp3) is 0.455. The zero-order valence-corrected chi connectivity index (χ0v) is 9.84. The molecule has 1 fully saturated rings. The molecule has 1 unspecified atom stereocenters. The maximum Gasteiger partial charge on any atom is 0.276 e. The Morgan fingerprint density at radius 3 is 2.84 bits per heavy atom. The average Bonchev–Trinajstić information content (AvgIpc) is 2.73. The Morgan fingerprint density at radius 1 is 1.47 bits per heavy atom. The van der Waals surface area contributed by atoms with Gasteiger partial charge in [0.2, 0.25) is 6.29 Å². The number of nitrogens with zero attached hydrogens (tertiary/aromatic N) is 1. The summed E-state index contributed by atoms with van der Waals surface area (Å²) in [7, 11) is 0. The smallest absolute Gasteiger partial charge is 0.276 e. The van der Waals surface area contributed by atoms with E-state index in [0.717, 1.165) is 0 Å². The van der Waals surface area contributed by atoms with Crippen LogP contribution < -0.4 is 5.48 Å². The molecule has 4 atom stereocenters. The molecule has 104 valence electrons. The van der Waals surface area contributed by atoms with Crippen LogP contribution in [-0.4, -0.2) is 57.4 Å². The SMILES string of the molecule is O=C(NOC1O[C@H](CO)[C@@H](O)[C@H]1O)c1cccnc1. The molecule has 8 nitrogen and oxygen atoms in total. The summed E-state index contributed by atoms with van der Waals surface area (Å²) < 4.78 is 5.02. The van der Waals surface area contributed by atoms with E-state index in [1.165, 1.54) is 18.5 Å². The minimum Gasteiger partial charge on any atom is -0.394 e. The van der Waals surface area contributed by atoms with Gasteiger partial charge < -0.3 is 20.1 Å². The van der Waals surface area contributed by atoms with Crippen molar-refractivity contribution in [3.8, 4) is 0 Å². The Bertz CT molecular complexity index is 428. The number of hydroxylamine groups is 1. The van der Waals surface area contributed by atoms with E-state index in [9.17, 15) is 15.0 Å². The molecule has 4 N–H and O–H groups in total. The maximum atomic E-state index is 11.6. The number of aromatic nitrogens is 1.